The van der Waals surface area contributed by atoms with Gasteiger partial charge in [-0.25, -0.2) is 4.79 Å². The number of hydrogen-bond acceptors (Lipinski definition) is 7. The molecule has 0 saturated carbocycles. The molecular weight excluding hydrogens is 366 g/mol. The number of benzene rings is 2. The molecule has 0 atom stereocenters. The van der Waals surface area contributed by atoms with Gasteiger partial charge < -0.3 is 20.1 Å². The van der Waals surface area contributed by atoms with Crippen LogP contribution in [0.2, 0.25) is 0 Å². The second kappa shape index (κ2) is 9.91. The van der Waals surface area contributed by atoms with Crippen LogP contribution in [0.15, 0.2) is 42.5 Å². The maximum absolute atomic E-state index is 12.0. The summed E-state index contributed by atoms with van der Waals surface area (Å²) in [5.41, 5.74) is 1.05. The number of nitro benzene ring substituents is 1. The molecule has 0 fully saturated rings. The van der Waals surface area contributed by atoms with Gasteiger partial charge in [0.2, 0.25) is 0 Å². The van der Waals surface area contributed by atoms with Crippen molar-refractivity contribution in [2.75, 3.05) is 32.6 Å². The molecule has 2 aromatic carbocycles. The molecule has 0 saturated heterocycles. The number of carbonyl (C=O) groups excluding carboxylic acids is 2. The Bertz CT molecular complexity index is 851. The van der Waals surface area contributed by atoms with Gasteiger partial charge in [-0.3, -0.25) is 14.9 Å². The Morgan fingerprint density at radius 1 is 1.14 bits per heavy atom. The molecule has 9 nitrogen and oxygen atoms in total. The summed E-state index contributed by atoms with van der Waals surface area (Å²) in [6, 6.07) is 11.4. The molecule has 2 rings (SSSR count). The molecule has 0 radical (unpaired) electrons. The Kier molecular flexibility index (Phi) is 7.32. The highest BCUT2D eigenvalue weighted by molar-refractivity contribution is 5.93. The van der Waals surface area contributed by atoms with Gasteiger partial charge in [0.15, 0.2) is 6.61 Å². The van der Waals surface area contributed by atoms with Crippen LogP contribution in [0.3, 0.4) is 0 Å². The number of hydrogen-bond donors (Lipinski definition) is 2. The lowest BCUT2D eigenvalue weighted by molar-refractivity contribution is -0.384. The molecule has 0 unspecified atom stereocenters. The molecule has 0 bridgehead atoms. The summed E-state index contributed by atoms with van der Waals surface area (Å²) in [4.78, 5) is 34.3. The minimum absolute atomic E-state index is 0.00303. The van der Waals surface area contributed by atoms with E-state index in [2.05, 4.69) is 10.6 Å². The maximum Gasteiger partial charge on any atom is 0.338 e. The van der Waals surface area contributed by atoms with Crippen molar-refractivity contribution in [1.82, 2.24) is 5.32 Å². The van der Waals surface area contributed by atoms with Gasteiger partial charge in [0.05, 0.1) is 17.6 Å². The zero-order valence-corrected chi connectivity index (χ0v) is 15.6. The number of methoxy groups -OCH3 is 1. The number of nitrogens with one attached hydrogen (secondary N) is 2. The van der Waals surface area contributed by atoms with Gasteiger partial charge >= 0.3 is 5.97 Å². The lowest BCUT2D eigenvalue weighted by Crippen LogP contribution is -2.30. The summed E-state index contributed by atoms with van der Waals surface area (Å²) in [6.45, 7) is -0.0892. The first-order chi connectivity index (χ1) is 13.4. The van der Waals surface area contributed by atoms with Crippen molar-refractivity contribution in [1.29, 1.82) is 0 Å². The summed E-state index contributed by atoms with van der Waals surface area (Å²) in [5.74, 6) is -0.512. The first-order valence-electron chi connectivity index (χ1n) is 8.47. The van der Waals surface area contributed by atoms with E-state index in [1.807, 2.05) is 24.3 Å². The van der Waals surface area contributed by atoms with Gasteiger partial charge in [0.1, 0.15) is 11.4 Å². The zero-order chi connectivity index (χ0) is 20.5. The Morgan fingerprint density at radius 2 is 1.86 bits per heavy atom. The normalized spacial score (nSPS) is 10.1. The van der Waals surface area contributed by atoms with E-state index in [0.29, 0.717) is 13.0 Å². The van der Waals surface area contributed by atoms with Crippen molar-refractivity contribution in [2.45, 2.75) is 6.42 Å². The lowest BCUT2D eigenvalue weighted by atomic mass is 10.1. The molecule has 0 heterocycles. The summed E-state index contributed by atoms with van der Waals surface area (Å²) in [6.07, 6.45) is 0.612. The van der Waals surface area contributed by atoms with Crippen LogP contribution < -0.4 is 15.4 Å². The van der Waals surface area contributed by atoms with Gasteiger partial charge in [-0.15, -0.1) is 0 Å². The van der Waals surface area contributed by atoms with E-state index >= 15 is 0 Å². The molecule has 148 valence electrons. The van der Waals surface area contributed by atoms with Crippen molar-refractivity contribution < 1.29 is 24.0 Å². The second-order valence-corrected chi connectivity index (χ2v) is 5.76. The molecule has 0 aliphatic carbocycles. The number of carbonyl (C=O) groups is 2. The van der Waals surface area contributed by atoms with Crippen LogP contribution in [0.1, 0.15) is 15.9 Å². The average molecular weight is 387 g/mol. The summed E-state index contributed by atoms with van der Waals surface area (Å²) >= 11 is 0. The second-order valence-electron chi connectivity index (χ2n) is 5.76. The Balaban J connectivity index is 1.81. The summed E-state index contributed by atoms with van der Waals surface area (Å²) in [7, 11) is 3.13. The van der Waals surface area contributed by atoms with Gasteiger partial charge in [0.25, 0.3) is 11.6 Å². The van der Waals surface area contributed by atoms with Crippen molar-refractivity contribution in [3.8, 4) is 5.75 Å². The van der Waals surface area contributed by atoms with Crippen molar-refractivity contribution in [3.63, 3.8) is 0 Å². The molecule has 0 aliphatic rings. The van der Waals surface area contributed by atoms with Crippen molar-refractivity contribution in [2.24, 2.45) is 0 Å². The number of ether oxygens (including phenoxy) is 2. The first kappa shape index (κ1) is 20.7. The number of nitrogens with zero attached hydrogens (tertiary/aromatic N) is 1. The fraction of sp³-hybridized carbons (Fsp3) is 0.263. The quantitative estimate of drug-likeness (QED) is 0.384. The molecule has 9 heteroatoms. The molecule has 0 spiro atoms. The number of amides is 1. The van der Waals surface area contributed by atoms with Crippen LogP contribution in [-0.4, -0.2) is 44.1 Å². The molecular formula is C19H21N3O6. The fourth-order valence-corrected chi connectivity index (χ4v) is 2.42. The van der Waals surface area contributed by atoms with Crippen LogP contribution in [-0.2, 0) is 16.0 Å². The molecule has 2 aromatic rings. The highest BCUT2D eigenvalue weighted by Gasteiger charge is 2.18. The first-order valence-corrected chi connectivity index (χ1v) is 8.47. The van der Waals surface area contributed by atoms with E-state index in [9.17, 15) is 19.7 Å². The van der Waals surface area contributed by atoms with E-state index in [1.165, 1.54) is 19.2 Å². The lowest BCUT2D eigenvalue weighted by Gasteiger charge is -2.08. The minimum Gasteiger partial charge on any atom is -0.497 e. The number of anilines is 1. The third-order valence-electron chi connectivity index (χ3n) is 3.93. The van der Waals surface area contributed by atoms with Crippen molar-refractivity contribution in [3.05, 3.63) is 63.7 Å². The minimum atomic E-state index is -0.809. The van der Waals surface area contributed by atoms with Gasteiger partial charge in [-0.2, -0.15) is 0 Å². The molecule has 28 heavy (non-hydrogen) atoms. The highest BCUT2D eigenvalue weighted by atomic mass is 16.6. The topological polar surface area (TPSA) is 120 Å². The third kappa shape index (κ3) is 5.70. The smallest absolute Gasteiger partial charge is 0.338 e. The van der Waals surface area contributed by atoms with Crippen LogP contribution in [0.4, 0.5) is 11.4 Å². The van der Waals surface area contributed by atoms with E-state index in [0.717, 1.165) is 17.4 Å². The number of esters is 1. The molecule has 2 N–H and O–H groups in total. The molecule has 0 aromatic heterocycles. The van der Waals surface area contributed by atoms with Gasteiger partial charge in [0, 0.05) is 19.7 Å². The molecule has 0 aliphatic heterocycles. The largest absolute Gasteiger partial charge is 0.497 e. The Hall–Kier alpha value is -3.62. The number of nitro groups is 1. The maximum atomic E-state index is 12.0. The summed E-state index contributed by atoms with van der Waals surface area (Å²) < 4.78 is 10.00. The van der Waals surface area contributed by atoms with Crippen molar-refractivity contribution >= 4 is 23.3 Å². The van der Waals surface area contributed by atoms with E-state index in [-0.39, 0.29) is 16.9 Å². The average Bonchev–Trinajstić information content (AvgIpc) is 2.71. The van der Waals surface area contributed by atoms with Gasteiger partial charge in [-0.05, 0) is 36.2 Å². The number of rotatable bonds is 9. The standard InChI is InChI=1S/C19H21N3O6/c1-20-16-8-5-14(11-17(16)22(25)26)19(24)28-12-18(23)21-10-9-13-3-6-15(27-2)7-4-13/h3-8,11,20H,9-10,12H2,1-2H3,(H,21,23). The van der Waals surface area contributed by atoms with Crippen LogP contribution in [0.5, 0.6) is 5.75 Å². The zero-order valence-electron chi connectivity index (χ0n) is 15.6. The van der Waals surface area contributed by atoms with Crippen LogP contribution in [0, 0.1) is 10.1 Å². The predicted molar refractivity (Wildman–Crippen MR) is 103 cm³/mol. The Morgan fingerprint density at radius 3 is 2.46 bits per heavy atom. The highest BCUT2D eigenvalue weighted by Crippen LogP contribution is 2.25. The molecule has 1 amide bonds. The van der Waals surface area contributed by atoms with E-state index in [4.69, 9.17) is 9.47 Å². The summed E-state index contributed by atoms with van der Waals surface area (Å²) in [5, 5.41) is 16.4. The Labute approximate surface area is 161 Å². The van der Waals surface area contributed by atoms with E-state index in [1.54, 1.807) is 7.11 Å². The third-order valence-corrected chi connectivity index (χ3v) is 3.93. The van der Waals surface area contributed by atoms with E-state index < -0.39 is 23.4 Å². The fourth-order valence-electron chi connectivity index (χ4n) is 2.42. The van der Waals surface area contributed by atoms with Gasteiger partial charge in [-0.1, -0.05) is 12.1 Å². The van der Waals surface area contributed by atoms with Crippen LogP contribution in [0.25, 0.3) is 0 Å². The SMILES string of the molecule is CNc1ccc(C(=O)OCC(=O)NCCc2ccc(OC)cc2)cc1[N+](=O)[O-]. The van der Waals surface area contributed by atoms with Crippen LogP contribution >= 0.6 is 0 Å². The predicted octanol–water partition coefficient (Wildman–Crippen LogP) is 2.16. The monoisotopic (exact) mass is 387 g/mol.